The van der Waals surface area contributed by atoms with Crippen molar-refractivity contribution < 1.29 is 0 Å². The summed E-state index contributed by atoms with van der Waals surface area (Å²) in [6, 6.07) is 4.94. The Morgan fingerprint density at radius 3 is 2.71 bits per heavy atom. The zero-order valence-corrected chi connectivity index (χ0v) is 11.4. The van der Waals surface area contributed by atoms with Gasteiger partial charge in [-0.25, -0.2) is 0 Å². The Balaban J connectivity index is 1.68. The zero-order chi connectivity index (χ0) is 11.9. The highest BCUT2D eigenvalue weighted by Crippen LogP contribution is 2.22. The summed E-state index contributed by atoms with van der Waals surface area (Å²) in [4.78, 5) is 5.36. The van der Waals surface area contributed by atoms with Crippen molar-refractivity contribution in [2.45, 2.75) is 55.2 Å². The number of hydrogen-bond acceptors (Lipinski definition) is 3. The average Bonchev–Trinajstić information content (AvgIpc) is 2.39. The van der Waals surface area contributed by atoms with Crippen molar-refractivity contribution in [3.63, 3.8) is 0 Å². The molecule has 94 valence electrons. The number of nitrogens with zero attached hydrogens (tertiary/aromatic N) is 1. The fraction of sp³-hybridized carbons (Fsp3) is 0.643. The summed E-state index contributed by atoms with van der Waals surface area (Å²) >= 11 is 1.93. The Labute approximate surface area is 109 Å². The van der Waals surface area contributed by atoms with Crippen molar-refractivity contribution in [1.29, 1.82) is 0 Å². The van der Waals surface area contributed by atoms with Crippen LogP contribution in [0, 0.1) is 0 Å². The lowest BCUT2D eigenvalue weighted by molar-refractivity contribution is 0.375. The summed E-state index contributed by atoms with van der Waals surface area (Å²) in [6.07, 6.45) is 10.7. The highest BCUT2D eigenvalue weighted by atomic mass is 32.2. The first-order chi connectivity index (χ1) is 8.34. The number of hydrogen-bond donors (Lipinski definition) is 1. The molecule has 0 spiro atoms. The SMILES string of the molecule is CC(CNC1CCCCC1)Sc1ccncc1. The third kappa shape index (κ3) is 4.68. The van der Waals surface area contributed by atoms with Gasteiger partial charge < -0.3 is 5.32 Å². The van der Waals surface area contributed by atoms with E-state index in [1.54, 1.807) is 0 Å². The molecule has 2 nitrogen and oxygen atoms in total. The van der Waals surface area contributed by atoms with Gasteiger partial charge in [-0.3, -0.25) is 4.98 Å². The maximum Gasteiger partial charge on any atom is 0.0278 e. The van der Waals surface area contributed by atoms with Crippen molar-refractivity contribution in [1.82, 2.24) is 10.3 Å². The van der Waals surface area contributed by atoms with E-state index in [9.17, 15) is 0 Å². The van der Waals surface area contributed by atoms with E-state index < -0.39 is 0 Å². The molecule has 1 N–H and O–H groups in total. The van der Waals surface area contributed by atoms with Crippen LogP contribution < -0.4 is 5.32 Å². The standard InChI is InChI=1S/C14H22N2S/c1-12(17-14-7-9-15-10-8-14)11-16-13-5-3-2-4-6-13/h7-10,12-13,16H,2-6,11H2,1H3. The predicted octanol–water partition coefficient (Wildman–Crippen LogP) is 3.48. The molecule has 1 aliphatic rings. The molecule has 1 aliphatic carbocycles. The van der Waals surface area contributed by atoms with E-state index >= 15 is 0 Å². The van der Waals surface area contributed by atoms with Gasteiger partial charge in [0.15, 0.2) is 0 Å². The van der Waals surface area contributed by atoms with E-state index in [1.165, 1.54) is 37.0 Å². The van der Waals surface area contributed by atoms with Crippen LogP contribution in [0.4, 0.5) is 0 Å². The normalized spacial score (nSPS) is 19.1. The first-order valence-electron chi connectivity index (χ1n) is 6.64. The average molecular weight is 250 g/mol. The van der Waals surface area contributed by atoms with Crippen LogP contribution in [-0.2, 0) is 0 Å². The molecule has 2 rings (SSSR count). The Morgan fingerprint density at radius 2 is 2.00 bits per heavy atom. The maximum absolute atomic E-state index is 4.04. The second-order valence-corrected chi connectivity index (χ2v) is 6.37. The molecule has 1 unspecified atom stereocenters. The number of aromatic nitrogens is 1. The zero-order valence-electron chi connectivity index (χ0n) is 10.6. The predicted molar refractivity (Wildman–Crippen MR) is 74.4 cm³/mol. The topological polar surface area (TPSA) is 24.9 Å². The molecule has 1 heterocycles. The molecule has 0 bridgehead atoms. The number of rotatable bonds is 5. The Morgan fingerprint density at radius 1 is 1.29 bits per heavy atom. The summed E-state index contributed by atoms with van der Waals surface area (Å²) in [6.45, 7) is 3.40. The van der Waals surface area contributed by atoms with Crippen LogP contribution in [0.1, 0.15) is 39.0 Å². The van der Waals surface area contributed by atoms with Crippen LogP contribution in [0.2, 0.25) is 0 Å². The second kappa shape index (κ2) is 7.02. The largest absolute Gasteiger partial charge is 0.313 e. The highest BCUT2D eigenvalue weighted by Gasteiger charge is 2.13. The molecule has 0 radical (unpaired) electrons. The van der Waals surface area contributed by atoms with Gasteiger partial charge in [0.05, 0.1) is 0 Å². The summed E-state index contributed by atoms with van der Waals surface area (Å²) in [7, 11) is 0. The van der Waals surface area contributed by atoms with E-state index in [1.807, 2.05) is 24.2 Å². The number of pyridine rings is 1. The summed E-state index contributed by atoms with van der Waals surface area (Å²) in [5, 5.41) is 4.33. The molecule has 0 aromatic carbocycles. The minimum Gasteiger partial charge on any atom is -0.313 e. The van der Waals surface area contributed by atoms with Crippen molar-refractivity contribution in [3.05, 3.63) is 24.5 Å². The first-order valence-corrected chi connectivity index (χ1v) is 7.52. The van der Waals surface area contributed by atoms with Gasteiger partial charge >= 0.3 is 0 Å². The van der Waals surface area contributed by atoms with Crippen LogP contribution >= 0.6 is 11.8 Å². The molecule has 1 saturated carbocycles. The van der Waals surface area contributed by atoms with Gasteiger partial charge in [0.25, 0.3) is 0 Å². The maximum atomic E-state index is 4.04. The van der Waals surface area contributed by atoms with Gasteiger partial charge in [-0.15, -0.1) is 11.8 Å². The van der Waals surface area contributed by atoms with E-state index in [0.29, 0.717) is 5.25 Å². The minimum absolute atomic E-state index is 0.624. The van der Waals surface area contributed by atoms with E-state index in [2.05, 4.69) is 29.4 Å². The monoisotopic (exact) mass is 250 g/mol. The fourth-order valence-electron chi connectivity index (χ4n) is 2.33. The van der Waals surface area contributed by atoms with Crippen LogP contribution in [0.25, 0.3) is 0 Å². The Bertz CT molecular complexity index is 309. The van der Waals surface area contributed by atoms with E-state index in [-0.39, 0.29) is 0 Å². The summed E-state index contributed by atoms with van der Waals surface area (Å²) in [5.74, 6) is 0. The van der Waals surface area contributed by atoms with Crippen LogP contribution in [-0.4, -0.2) is 22.8 Å². The van der Waals surface area contributed by atoms with Gasteiger partial charge in [0.1, 0.15) is 0 Å². The number of nitrogens with one attached hydrogen (secondary N) is 1. The molecule has 17 heavy (non-hydrogen) atoms. The van der Waals surface area contributed by atoms with Crippen molar-refractivity contribution in [2.75, 3.05) is 6.54 Å². The van der Waals surface area contributed by atoms with Gasteiger partial charge in [-0.1, -0.05) is 26.2 Å². The molecular weight excluding hydrogens is 228 g/mol. The molecule has 0 aliphatic heterocycles. The minimum atomic E-state index is 0.624. The number of thioether (sulfide) groups is 1. The highest BCUT2D eigenvalue weighted by molar-refractivity contribution is 8.00. The lowest BCUT2D eigenvalue weighted by Gasteiger charge is -2.24. The fourth-order valence-corrected chi connectivity index (χ4v) is 3.25. The smallest absolute Gasteiger partial charge is 0.0278 e. The Kier molecular flexibility index (Phi) is 5.33. The third-order valence-electron chi connectivity index (χ3n) is 3.29. The lowest BCUT2D eigenvalue weighted by Crippen LogP contribution is -2.35. The van der Waals surface area contributed by atoms with Crippen LogP contribution in [0.5, 0.6) is 0 Å². The van der Waals surface area contributed by atoms with Gasteiger partial charge in [0.2, 0.25) is 0 Å². The molecule has 1 aromatic rings. The quantitative estimate of drug-likeness (QED) is 0.810. The summed E-state index contributed by atoms with van der Waals surface area (Å²) < 4.78 is 0. The van der Waals surface area contributed by atoms with Crippen LogP contribution in [0.15, 0.2) is 29.4 Å². The summed E-state index contributed by atoms with van der Waals surface area (Å²) in [5.41, 5.74) is 0. The molecule has 1 fully saturated rings. The molecule has 3 heteroatoms. The molecule has 1 atom stereocenters. The van der Waals surface area contributed by atoms with Gasteiger partial charge in [-0.2, -0.15) is 0 Å². The molecule has 1 aromatic heterocycles. The second-order valence-electron chi connectivity index (χ2n) is 4.85. The Hall–Kier alpha value is -0.540. The lowest BCUT2D eigenvalue weighted by atomic mass is 9.95. The van der Waals surface area contributed by atoms with Crippen molar-refractivity contribution >= 4 is 11.8 Å². The first kappa shape index (κ1) is 12.9. The van der Waals surface area contributed by atoms with Crippen molar-refractivity contribution in [2.24, 2.45) is 0 Å². The van der Waals surface area contributed by atoms with Crippen molar-refractivity contribution in [3.8, 4) is 0 Å². The van der Waals surface area contributed by atoms with Crippen LogP contribution in [0.3, 0.4) is 0 Å². The van der Waals surface area contributed by atoms with Gasteiger partial charge in [-0.05, 0) is 25.0 Å². The van der Waals surface area contributed by atoms with Gasteiger partial charge in [0, 0.05) is 35.1 Å². The molecule has 0 saturated heterocycles. The van der Waals surface area contributed by atoms with E-state index in [0.717, 1.165) is 12.6 Å². The molecule has 0 amide bonds. The molecular formula is C14H22N2S. The van der Waals surface area contributed by atoms with E-state index in [4.69, 9.17) is 0 Å². The third-order valence-corrected chi connectivity index (χ3v) is 4.40.